The molecule has 1 saturated heterocycles. The van der Waals surface area contributed by atoms with Gasteiger partial charge in [-0.2, -0.15) is 0 Å². The number of piperidine rings is 1. The first kappa shape index (κ1) is 30.6. The summed E-state index contributed by atoms with van der Waals surface area (Å²) in [6.45, 7) is 6.23. The van der Waals surface area contributed by atoms with Crippen LogP contribution in [-0.2, 0) is 16.1 Å². The number of rotatable bonds is 10. The molecule has 0 N–H and O–H groups in total. The third-order valence-corrected chi connectivity index (χ3v) is 10.1. The second-order valence-electron chi connectivity index (χ2n) is 13.0. The van der Waals surface area contributed by atoms with Gasteiger partial charge in [0.15, 0.2) is 0 Å². The molecule has 42 heavy (non-hydrogen) atoms. The van der Waals surface area contributed by atoms with Crippen LogP contribution in [0.25, 0.3) is 0 Å². The molecule has 0 spiro atoms. The lowest BCUT2D eigenvalue weighted by molar-refractivity contribution is -0.137. The van der Waals surface area contributed by atoms with E-state index in [0.29, 0.717) is 30.4 Å². The molecule has 3 unspecified atom stereocenters. The average molecular weight is 574 g/mol. The second kappa shape index (κ2) is 15.0. The van der Waals surface area contributed by atoms with E-state index in [1.54, 1.807) is 0 Å². The normalized spacial score (nSPS) is 23.9. The van der Waals surface area contributed by atoms with E-state index in [1.807, 2.05) is 35.2 Å². The van der Waals surface area contributed by atoms with Crippen LogP contribution in [0.15, 0.2) is 60.7 Å². The van der Waals surface area contributed by atoms with Crippen LogP contribution in [0.3, 0.4) is 0 Å². The molecule has 2 aliphatic carbocycles. The summed E-state index contributed by atoms with van der Waals surface area (Å²) in [4.78, 5) is 33.2. The fourth-order valence-electron chi connectivity index (χ4n) is 7.75. The fourth-order valence-corrected chi connectivity index (χ4v) is 7.75. The van der Waals surface area contributed by atoms with E-state index in [1.165, 1.54) is 24.8 Å². The van der Waals surface area contributed by atoms with Gasteiger partial charge in [-0.15, -0.1) is 0 Å². The molecule has 6 nitrogen and oxygen atoms in total. The summed E-state index contributed by atoms with van der Waals surface area (Å²) < 4.78 is 5.73. The second-order valence-corrected chi connectivity index (χ2v) is 13.0. The molecule has 0 aromatic heterocycles. The third-order valence-electron chi connectivity index (χ3n) is 10.1. The van der Waals surface area contributed by atoms with Crippen molar-refractivity contribution in [3.05, 3.63) is 71.8 Å². The van der Waals surface area contributed by atoms with Crippen molar-refractivity contribution in [2.45, 2.75) is 95.7 Å². The van der Waals surface area contributed by atoms with Crippen LogP contribution in [0.2, 0.25) is 0 Å². The summed E-state index contributed by atoms with van der Waals surface area (Å²) in [6, 6.07) is 21.4. The van der Waals surface area contributed by atoms with Gasteiger partial charge in [0.25, 0.3) is 0 Å². The Morgan fingerprint density at radius 2 is 1.52 bits per heavy atom. The largest absolute Gasteiger partial charge is 0.445 e. The maximum Gasteiger partial charge on any atom is 0.410 e. The zero-order chi connectivity index (χ0) is 29.3. The van der Waals surface area contributed by atoms with Crippen molar-refractivity contribution in [1.82, 2.24) is 14.7 Å². The van der Waals surface area contributed by atoms with Gasteiger partial charge in [0, 0.05) is 51.2 Å². The summed E-state index contributed by atoms with van der Waals surface area (Å²) >= 11 is 0. The van der Waals surface area contributed by atoms with Gasteiger partial charge in [-0.1, -0.05) is 86.8 Å². The van der Waals surface area contributed by atoms with Crippen LogP contribution in [0.1, 0.15) is 88.2 Å². The first-order valence-electron chi connectivity index (χ1n) is 16.5. The van der Waals surface area contributed by atoms with E-state index in [2.05, 4.69) is 54.1 Å². The Morgan fingerprint density at radius 3 is 2.19 bits per heavy atom. The number of hydrogen-bond acceptors (Lipinski definition) is 4. The van der Waals surface area contributed by atoms with Crippen LogP contribution < -0.4 is 0 Å². The highest BCUT2D eigenvalue weighted by Gasteiger charge is 2.41. The fraction of sp³-hybridized carbons (Fsp3) is 0.611. The minimum Gasteiger partial charge on any atom is -0.445 e. The number of benzene rings is 2. The van der Waals surface area contributed by atoms with Crippen molar-refractivity contribution in [3.8, 4) is 0 Å². The third kappa shape index (κ3) is 7.75. The zero-order valence-corrected chi connectivity index (χ0v) is 25.8. The number of nitrogens with zero attached hydrogens (tertiary/aromatic N) is 3. The molecule has 3 atom stereocenters. The molecule has 3 aliphatic rings. The maximum atomic E-state index is 13.4. The van der Waals surface area contributed by atoms with Crippen molar-refractivity contribution in [2.24, 2.45) is 11.8 Å². The molecule has 0 radical (unpaired) electrons. The Bertz CT molecular complexity index is 1110. The summed E-state index contributed by atoms with van der Waals surface area (Å²) in [5.41, 5.74) is 2.43. The van der Waals surface area contributed by atoms with E-state index in [-0.39, 0.29) is 18.1 Å². The Kier molecular flexibility index (Phi) is 11.0. The molecule has 1 heterocycles. The summed E-state index contributed by atoms with van der Waals surface area (Å²) in [7, 11) is 2.07. The Balaban J connectivity index is 1.18. The van der Waals surface area contributed by atoms with E-state index < -0.39 is 0 Å². The van der Waals surface area contributed by atoms with Gasteiger partial charge >= 0.3 is 6.09 Å². The summed E-state index contributed by atoms with van der Waals surface area (Å²) in [6.07, 6.45) is 10.6. The Morgan fingerprint density at radius 1 is 0.857 bits per heavy atom. The molecule has 228 valence electrons. The van der Waals surface area contributed by atoms with Crippen molar-refractivity contribution >= 4 is 12.0 Å². The van der Waals surface area contributed by atoms with Crippen molar-refractivity contribution in [3.63, 3.8) is 0 Å². The smallest absolute Gasteiger partial charge is 0.410 e. The molecule has 2 aromatic rings. The van der Waals surface area contributed by atoms with E-state index in [4.69, 9.17) is 4.74 Å². The van der Waals surface area contributed by atoms with Crippen LogP contribution in [0.5, 0.6) is 0 Å². The van der Waals surface area contributed by atoms with E-state index >= 15 is 0 Å². The first-order valence-corrected chi connectivity index (χ1v) is 16.5. The molecule has 6 heteroatoms. The van der Waals surface area contributed by atoms with Crippen molar-refractivity contribution in [2.75, 3.05) is 33.2 Å². The summed E-state index contributed by atoms with van der Waals surface area (Å²) in [5, 5.41) is 0. The maximum absolute atomic E-state index is 13.4. The average Bonchev–Trinajstić information content (AvgIpc) is 3.47. The van der Waals surface area contributed by atoms with Gasteiger partial charge in [0.2, 0.25) is 5.91 Å². The topological polar surface area (TPSA) is 53.1 Å². The number of ether oxygens (including phenoxy) is 1. The number of hydrogen-bond donors (Lipinski definition) is 0. The number of carbonyl (C=O) groups is 2. The molecule has 0 bridgehead atoms. The van der Waals surface area contributed by atoms with E-state index in [0.717, 1.165) is 76.7 Å². The molecule has 2 saturated carbocycles. The molecule has 2 amide bonds. The number of likely N-dealkylation sites (tertiary alicyclic amines) is 1. The highest BCUT2D eigenvalue weighted by molar-refractivity contribution is 5.79. The number of carbonyl (C=O) groups excluding carboxylic acids is 2. The number of amides is 2. The molecule has 2 aromatic carbocycles. The standard InChI is InChI=1S/C36H51N3O3/c1-3-21-39(36(41)42-27-28-13-7-4-8-14-28)32-19-22-38(23-20-32)26-31-24-33(25-34(31)29-15-9-5-10-16-29)37(2)35(40)30-17-11-6-12-18-30/h4-5,7-10,13-16,30-34H,3,6,11-12,17-27H2,1-2H3. The molecule has 1 aliphatic heterocycles. The predicted octanol–water partition coefficient (Wildman–Crippen LogP) is 7.10. The lowest BCUT2D eigenvalue weighted by Crippen LogP contribution is -2.48. The minimum atomic E-state index is -0.187. The van der Waals surface area contributed by atoms with E-state index in [9.17, 15) is 9.59 Å². The minimum absolute atomic E-state index is 0.187. The molecule has 5 rings (SSSR count). The lowest BCUT2D eigenvalue weighted by Gasteiger charge is -2.39. The quantitative estimate of drug-likeness (QED) is 0.304. The lowest BCUT2D eigenvalue weighted by atomic mass is 9.88. The van der Waals surface area contributed by atoms with Crippen LogP contribution in [-0.4, -0.2) is 72.0 Å². The van der Waals surface area contributed by atoms with Crippen molar-refractivity contribution in [1.29, 1.82) is 0 Å². The van der Waals surface area contributed by atoms with Gasteiger partial charge in [-0.25, -0.2) is 4.79 Å². The van der Waals surface area contributed by atoms with Crippen molar-refractivity contribution < 1.29 is 14.3 Å². The zero-order valence-electron chi connectivity index (χ0n) is 25.8. The van der Waals surface area contributed by atoms with Gasteiger partial charge in [0.05, 0.1) is 0 Å². The van der Waals surface area contributed by atoms with Gasteiger partial charge in [-0.3, -0.25) is 4.79 Å². The van der Waals surface area contributed by atoms with Crippen LogP contribution >= 0.6 is 0 Å². The first-order chi connectivity index (χ1) is 20.5. The monoisotopic (exact) mass is 573 g/mol. The SMILES string of the molecule is CCCN(C(=O)OCc1ccccc1)C1CCN(CC2CC(N(C)C(=O)C3CCCCC3)CC2c2ccccc2)CC1. The van der Waals surface area contributed by atoms with Gasteiger partial charge < -0.3 is 19.4 Å². The van der Waals surface area contributed by atoms with Crippen LogP contribution in [0.4, 0.5) is 4.79 Å². The van der Waals surface area contributed by atoms with Gasteiger partial charge in [0.1, 0.15) is 6.61 Å². The highest BCUT2D eigenvalue weighted by atomic mass is 16.6. The highest BCUT2D eigenvalue weighted by Crippen LogP contribution is 2.43. The van der Waals surface area contributed by atoms with Gasteiger partial charge in [-0.05, 0) is 67.9 Å². The molecule has 3 fully saturated rings. The molecular formula is C36H51N3O3. The predicted molar refractivity (Wildman–Crippen MR) is 168 cm³/mol. The summed E-state index contributed by atoms with van der Waals surface area (Å²) in [5.74, 6) is 1.60. The Hall–Kier alpha value is -2.86. The molecular weight excluding hydrogens is 522 g/mol. The van der Waals surface area contributed by atoms with Crippen LogP contribution in [0, 0.1) is 11.8 Å². The Labute approximate surface area is 253 Å².